The van der Waals surface area contributed by atoms with Crippen molar-refractivity contribution in [2.45, 2.75) is 23.6 Å². The van der Waals surface area contributed by atoms with Crippen molar-refractivity contribution in [3.63, 3.8) is 0 Å². The minimum absolute atomic E-state index is 0.271. The third kappa shape index (κ3) is 3.88. The highest BCUT2D eigenvalue weighted by Gasteiger charge is 2.09. The molecule has 0 aliphatic carbocycles. The molecule has 4 aromatic rings. The zero-order valence-corrected chi connectivity index (χ0v) is 15.9. The second kappa shape index (κ2) is 7.29. The second-order valence-electron chi connectivity index (χ2n) is 6.40. The van der Waals surface area contributed by atoms with Crippen LogP contribution in [0.15, 0.2) is 76.7 Å². The topological polar surface area (TPSA) is 58.0 Å². The normalized spacial score (nSPS) is 10.9. The van der Waals surface area contributed by atoms with Crippen LogP contribution in [0.1, 0.15) is 11.3 Å². The van der Waals surface area contributed by atoms with Gasteiger partial charge in [0.1, 0.15) is 5.75 Å². The van der Waals surface area contributed by atoms with Crippen LogP contribution in [0, 0.1) is 13.8 Å². The molecule has 2 aromatic heterocycles. The number of rotatable bonds is 4. The standard InChI is InChI=1S/C22H19N3OS/c1-14-3-10-21(27-17-7-5-16(26)6-8-17)20(13-14)25-19-11-12-23-22-18(19)9-4-15(2)24-22/h3-13,26H,1-2H3,(H,23,24,25). The Bertz CT molecular complexity index is 1110. The largest absolute Gasteiger partial charge is 0.508 e. The lowest BCUT2D eigenvalue weighted by atomic mass is 10.2. The van der Waals surface area contributed by atoms with Gasteiger partial charge in [-0.2, -0.15) is 0 Å². The predicted molar refractivity (Wildman–Crippen MR) is 111 cm³/mol. The summed E-state index contributed by atoms with van der Waals surface area (Å²) in [6.07, 6.45) is 1.78. The summed E-state index contributed by atoms with van der Waals surface area (Å²) < 4.78 is 0. The fourth-order valence-electron chi connectivity index (χ4n) is 2.85. The lowest BCUT2D eigenvalue weighted by Gasteiger charge is -2.14. The summed E-state index contributed by atoms with van der Waals surface area (Å²) in [6, 6.07) is 19.6. The van der Waals surface area contributed by atoms with Crippen LogP contribution in [0.2, 0.25) is 0 Å². The number of hydrogen-bond acceptors (Lipinski definition) is 5. The molecule has 0 radical (unpaired) electrons. The first kappa shape index (κ1) is 17.4. The summed E-state index contributed by atoms with van der Waals surface area (Å²) >= 11 is 1.65. The summed E-state index contributed by atoms with van der Waals surface area (Å²) in [5.41, 5.74) is 4.87. The highest BCUT2D eigenvalue weighted by molar-refractivity contribution is 7.99. The first-order valence-electron chi connectivity index (χ1n) is 8.65. The van der Waals surface area contributed by atoms with Crippen molar-refractivity contribution >= 4 is 34.2 Å². The monoisotopic (exact) mass is 373 g/mol. The number of hydrogen-bond donors (Lipinski definition) is 2. The Morgan fingerprint density at radius 3 is 2.52 bits per heavy atom. The number of phenols is 1. The maximum Gasteiger partial charge on any atom is 0.161 e. The first-order chi connectivity index (χ1) is 13.1. The van der Waals surface area contributed by atoms with Gasteiger partial charge in [-0.25, -0.2) is 9.97 Å². The molecule has 0 aliphatic rings. The van der Waals surface area contributed by atoms with E-state index in [0.717, 1.165) is 37.9 Å². The lowest BCUT2D eigenvalue weighted by Crippen LogP contribution is -1.96. The van der Waals surface area contributed by atoms with Gasteiger partial charge in [0.05, 0.1) is 11.4 Å². The molecular formula is C22H19N3OS. The van der Waals surface area contributed by atoms with E-state index in [9.17, 15) is 5.11 Å². The Balaban J connectivity index is 1.72. The van der Waals surface area contributed by atoms with Gasteiger partial charge in [0.25, 0.3) is 0 Å². The van der Waals surface area contributed by atoms with Crippen molar-refractivity contribution in [2.75, 3.05) is 5.32 Å². The van der Waals surface area contributed by atoms with Gasteiger partial charge in [-0.1, -0.05) is 17.8 Å². The van der Waals surface area contributed by atoms with Crippen LogP contribution in [0.5, 0.6) is 5.75 Å². The zero-order valence-electron chi connectivity index (χ0n) is 15.1. The molecule has 0 saturated heterocycles. The minimum atomic E-state index is 0.271. The molecule has 0 saturated carbocycles. The molecule has 4 nitrogen and oxygen atoms in total. The van der Waals surface area contributed by atoms with Crippen molar-refractivity contribution in [3.05, 3.63) is 78.1 Å². The van der Waals surface area contributed by atoms with Gasteiger partial charge in [0, 0.05) is 27.1 Å². The molecule has 4 rings (SSSR count). The van der Waals surface area contributed by atoms with E-state index >= 15 is 0 Å². The molecule has 0 amide bonds. The molecular weight excluding hydrogens is 354 g/mol. The van der Waals surface area contributed by atoms with Gasteiger partial charge in [-0.05, 0) is 74.0 Å². The van der Waals surface area contributed by atoms with E-state index in [4.69, 9.17) is 0 Å². The van der Waals surface area contributed by atoms with Crippen LogP contribution in [0.3, 0.4) is 0 Å². The van der Waals surface area contributed by atoms with E-state index in [-0.39, 0.29) is 5.75 Å². The summed E-state index contributed by atoms with van der Waals surface area (Å²) in [5.74, 6) is 0.271. The minimum Gasteiger partial charge on any atom is -0.508 e. The average Bonchev–Trinajstić information content (AvgIpc) is 2.65. The fraction of sp³-hybridized carbons (Fsp3) is 0.0909. The highest BCUT2D eigenvalue weighted by atomic mass is 32.2. The van der Waals surface area contributed by atoms with Crippen LogP contribution in [-0.2, 0) is 0 Å². The van der Waals surface area contributed by atoms with Crippen molar-refractivity contribution in [1.29, 1.82) is 0 Å². The van der Waals surface area contributed by atoms with E-state index in [1.54, 1.807) is 30.1 Å². The smallest absolute Gasteiger partial charge is 0.161 e. The van der Waals surface area contributed by atoms with E-state index in [1.807, 2.05) is 31.2 Å². The predicted octanol–water partition coefficient (Wildman–Crippen LogP) is 5.85. The number of benzene rings is 2. The van der Waals surface area contributed by atoms with E-state index in [1.165, 1.54) is 5.56 Å². The summed E-state index contributed by atoms with van der Waals surface area (Å²) in [7, 11) is 0. The van der Waals surface area contributed by atoms with Gasteiger partial charge in [0.15, 0.2) is 5.65 Å². The number of pyridine rings is 2. The van der Waals surface area contributed by atoms with Crippen molar-refractivity contribution in [3.8, 4) is 5.75 Å². The SMILES string of the molecule is Cc1ccc(Sc2ccc(O)cc2)c(Nc2ccnc3nc(C)ccc23)c1. The Labute approximate surface area is 162 Å². The number of aromatic hydroxyl groups is 1. The van der Waals surface area contributed by atoms with Crippen LogP contribution in [0.25, 0.3) is 11.0 Å². The molecule has 134 valence electrons. The molecule has 27 heavy (non-hydrogen) atoms. The molecule has 0 bridgehead atoms. The molecule has 0 spiro atoms. The van der Waals surface area contributed by atoms with Gasteiger partial charge in [0.2, 0.25) is 0 Å². The fourth-order valence-corrected chi connectivity index (χ4v) is 3.73. The first-order valence-corrected chi connectivity index (χ1v) is 9.47. The van der Waals surface area contributed by atoms with Gasteiger partial charge >= 0.3 is 0 Å². The van der Waals surface area contributed by atoms with E-state index < -0.39 is 0 Å². The number of fused-ring (bicyclic) bond motifs is 1. The molecule has 0 atom stereocenters. The number of aryl methyl sites for hydroxylation is 2. The van der Waals surface area contributed by atoms with Crippen molar-refractivity contribution < 1.29 is 5.11 Å². The highest BCUT2D eigenvalue weighted by Crippen LogP contribution is 2.37. The lowest BCUT2D eigenvalue weighted by molar-refractivity contribution is 0.475. The molecule has 0 fully saturated rings. The van der Waals surface area contributed by atoms with E-state index in [0.29, 0.717) is 0 Å². The third-order valence-electron chi connectivity index (χ3n) is 4.21. The van der Waals surface area contributed by atoms with Crippen molar-refractivity contribution in [2.24, 2.45) is 0 Å². The Hall–Kier alpha value is -3.05. The number of anilines is 2. The number of nitrogens with one attached hydrogen (secondary N) is 1. The second-order valence-corrected chi connectivity index (χ2v) is 7.52. The molecule has 0 aliphatic heterocycles. The van der Waals surface area contributed by atoms with Gasteiger partial charge in [-0.3, -0.25) is 0 Å². The maximum absolute atomic E-state index is 9.50. The average molecular weight is 373 g/mol. The quantitative estimate of drug-likeness (QED) is 0.470. The van der Waals surface area contributed by atoms with Gasteiger partial charge in [-0.15, -0.1) is 0 Å². The number of nitrogens with zero attached hydrogens (tertiary/aromatic N) is 2. The van der Waals surface area contributed by atoms with Crippen LogP contribution >= 0.6 is 11.8 Å². The van der Waals surface area contributed by atoms with Crippen LogP contribution in [-0.4, -0.2) is 15.1 Å². The molecule has 2 aromatic carbocycles. The molecule has 0 unspecified atom stereocenters. The zero-order chi connectivity index (χ0) is 18.8. The summed E-state index contributed by atoms with van der Waals surface area (Å²) in [5, 5.41) is 14.0. The Kier molecular flexibility index (Phi) is 4.69. The summed E-state index contributed by atoms with van der Waals surface area (Å²) in [4.78, 5) is 11.1. The summed E-state index contributed by atoms with van der Waals surface area (Å²) in [6.45, 7) is 4.05. The van der Waals surface area contributed by atoms with Crippen molar-refractivity contribution in [1.82, 2.24) is 9.97 Å². The van der Waals surface area contributed by atoms with E-state index in [2.05, 4.69) is 46.5 Å². The molecule has 2 heterocycles. The Morgan fingerprint density at radius 1 is 0.889 bits per heavy atom. The molecule has 2 N–H and O–H groups in total. The van der Waals surface area contributed by atoms with Crippen LogP contribution in [0.4, 0.5) is 11.4 Å². The number of aromatic nitrogens is 2. The van der Waals surface area contributed by atoms with Gasteiger partial charge < -0.3 is 10.4 Å². The Morgan fingerprint density at radius 2 is 1.70 bits per heavy atom. The molecule has 5 heteroatoms. The maximum atomic E-state index is 9.50. The van der Waals surface area contributed by atoms with Crippen LogP contribution < -0.4 is 5.32 Å². The number of phenolic OH excluding ortho intramolecular Hbond substituents is 1. The third-order valence-corrected chi connectivity index (χ3v) is 5.30.